The van der Waals surface area contributed by atoms with Crippen LogP contribution in [0.3, 0.4) is 0 Å². The standard InChI is InChI=1S/C12H8BrN3O2S/c1-18-12(17)9-5-8(10-3-2-4-19-10)15-11-7(13)6-14-16(9)11/h2-6H,1H3. The summed E-state index contributed by atoms with van der Waals surface area (Å²) < 4.78 is 6.98. The molecule has 0 saturated carbocycles. The minimum absolute atomic E-state index is 0.349. The van der Waals surface area contributed by atoms with Gasteiger partial charge in [-0.25, -0.2) is 14.3 Å². The Labute approximate surface area is 121 Å². The molecular formula is C12H8BrN3O2S. The average molecular weight is 338 g/mol. The van der Waals surface area contributed by atoms with Crippen LogP contribution in [0.4, 0.5) is 0 Å². The van der Waals surface area contributed by atoms with Crippen LogP contribution in [0.1, 0.15) is 10.5 Å². The lowest BCUT2D eigenvalue weighted by atomic mass is 10.3. The molecule has 96 valence electrons. The van der Waals surface area contributed by atoms with Crippen LogP contribution in [0.15, 0.2) is 34.2 Å². The fraction of sp³-hybridized carbons (Fsp3) is 0.0833. The van der Waals surface area contributed by atoms with E-state index in [1.165, 1.54) is 11.6 Å². The Balaban J connectivity index is 2.31. The van der Waals surface area contributed by atoms with Crippen LogP contribution < -0.4 is 0 Å². The van der Waals surface area contributed by atoms with Crippen molar-refractivity contribution in [2.45, 2.75) is 0 Å². The van der Waals surface area contributed by atoms with Crippen molar-refractivity contribution in [3.8, 4) is 10.6 Å². The van der Waals surface area contributed by atoms with Gasteiger partial charge in [-0.15, -0.1) is 11.3 Å². The van der Waals surface area contributed by atoms with E-state index in [0.717, 1.165) is 15.0 Å². The molecule has 0 radical (unpaired) electrons. The van der Waals surface area contributed by atoms with E-state index in [-0.39, 0.29) is 0 Å². The molecule has 0 aliphatic carbocycles. The molecule has 7 heteroatoms. The quantitative estimate of drug-likeness (QED) is 0.674. The van der Waals surface area contributed by atoms with Crippen LogP contribution in [0, 0.1) is 0 Å². The maximum Gasteiger partial charge on any atom is 0.356 e. The largest absolute Gasteiger partial charge is 0.464 e. The van der Waals surface area contributed by atoms with Crippen molar-refractivity contribution in [3.63, 3.8) is 0 Å². The predicted octanol–water partition coefficient (Wildman–Crippen LogP) is 3.01. The van der Waals surface area contributed by atoms with Gasteiger partial charge in [0.15, 0.2) is 11.3 Å². The molecule has 0 aromatic carbocycles. The van der Waals surface area contributed by atoms with Crippen LogP contribution in [0.2, 0.25) is 0 Å². The Morgan fingerprint density at radius 2 is 2.37 bits per heavy atom. The lowest BCUT2D eigenvalue weighted by Gasteiger charge is -2.05. The summed E-state index contributed by atoms with van der Waals surface area (Å²) in [7, 11) is 1.35. The van der Waals surface area contributed by atoms with Crippen molar-refractivity contribution < 1.29 is 9.53 Å². The molecule has 0 spiro atoms. The Bertz CT molecular complexity index is 752. The topological polar surface area (TPSA) is 56.5 Å². The molecule has 5 nitrogen and oxygen atoms in total. The summed E-state index contributed by atoms with van der Waals surface area (Å²) in [6.45, 7) is 0. The predicted molar refractivity (Wildman–Crippen MR) is 75.3 cm³/mol. The van der Waals surface area contributed by atoms with E-state index in [4.69, 9.17) is 4.74 Å². The summed E-state index contributed by atoms with van der Waals surface area (Å²) in [5.41, 5.74) is 1.66. The molecule has 3 aromatic heterocycles. The summed E-state index contributed by atoms with van der Waals surface area (Å²) in [5.74, 6) is -0.444. The van der Waals surface area contributed by atoms with Gasteiger partial charge in [0.25, 0.3) is 0 Å². The highest BCUT2D eigenvalue weighted by Crippen LogP contribution is 2.26. The van der Waals surface area contributed by atoms with Crippen molar-refractivity contribution in [1.29, 1.82) is 0 Å². The number of carbonyl (C=O) groups is 1. The van der Waals surface area contributed by atoms with E-state index in [1.807, 2.05) is 17.5 Å². The highest BCUT2D eigenvalue weighted by atomic mass is 79.9. The Kier molecular flexibility index (Phi) is 3.08. The van der Waals surface area contributed by atoms with Gasteiger partial charge in [0.2, 0.25) is 0 Å². The molecule has 0 saturated heterocycles. The van der Waals surface area contributed by atoms with Gasteiger partial charge in [-0.2, -0.15) is 5.10 Å². The molecule has 19 heavy (non-hydrogen) atoms. The maximum absolute atomic E-state index is 11.8. The third-order valence-corrected chi connectivity index (χ3v) is 4.05. The zero-order chi connectivity index (χ0) is 13.4. The molecule has 0 unspecified atom stereocenters. The first-order valence-electron chi connectivity index (χ1n) is 5.37. The molecule has 0 fully saturated rings. The van der Waals surface area contributed by atoms with E-state index in [0.29, 0.717) is 11.3 Å². The fourth-order valence-corrected chi connectivity index (χ4v) is 2.77. The van der Waals surface area contributed by atoms with Gasteiger partial charge < -0.3 is 4.74 Å². The van der Waals surface area contributed by atoms with Crippen molar-refractivity contribution >= 4 is 38.9 Å². The number of thiophene rings is 1. The highest BCUT2D eigenvalue weighted by Gasteiger charge is 2.17. The van der Waals surface area contributed by atoms with Crippen molar-refractivity contribution in [3.05, 3.63) is 39.9 Å². The molecule has 3 heterocycles. The smallest absolute Gasteiger partial charge is 0.356 e. The molecule has 0 amide bonds. The van der Waals surface area contributed by atoms with Gasteiger partial charge in [-0.1, -0.05) is 6.07 Å². The third-order valence-electron chi connectivity index (χ3n) is 2.60. The molecule has 3 rings (SSSR count). The van der Waals surface area contributed by atoms with Gasteiger partial charge in [0.05, 0.1) is 28.4 Å². The van der Waals surface area contributed by atoms with Crippen LogP contribution in [-0.4, -0.2) is 27.7 Å². The van der Waals surface area contributed by atoms with Gasteiger partial charge in [0, 0.05) is 0 Å². The molecule has 0 atom stereocenters. The minimum atomic E-state index is -0.444. The SMILES string of the molecule is COC(=O)c1cc(-c2cccs2)nc2c(Br)cnn12. The molecule has 0 aliphatic heterocycles. The fourth-order valence-electron chi connectivity index (χ4n) is 1.74. The summed E-state index contributed by atoms with van der Waals surface area (Å²) in [6.07, 6.45) is 1.60. The number of nitrogens with zero attached hydrogens (tertiary/aromatic N) is 3. The zero-order valence-electron chi connectivity index (χ0n) is 9.83. The van der Waals surface area contributed by atoms with Crippen LogP contribution in [0.5, 0.6) is 0 Å². The van der Waals surface area contributed by atoms with E-state index < -0.39 is 5.97 Å². The van der Waals surface area contributed by atoms with Crippen molar-refractivity contribution in [1.82, 2.24) is 14.6 Å². The first kappa shape index (κ1) is 12.3. The number of methoxy groups -OCH3 is 1. The number of aromatic nitrogens is 3. The van der Waals surface area contributed by atoms with Crippen LogP contribution in [0.25, 0.3) is 16.2 Å². The second-order valence-electron chi connectivity index (χ2n) is 3.72. The van der Waals surface area contributed by atoms with E-state index in [2.05, 4.69) is 26.0 Å². The first-order chi connectivity index (χ1) is 9.20. The number of esters is 1. The zero-order valence-corrected chi connectivity index (χ0v) is 12.2. The molecular weight excluding hydrogens is 330 g/mol. The average Bonchev–Trinajstić information content (AvgIpc) is 3.07. The number of carbonyl (C=O) groups excluding carboxylic acids is 1. The van der Waals surface area contributed by atoms with E-state index in [9.17, 15) is 4.79 Å². The van der Waals surface area contributed by atoms with E-state index in [1.54, 1.807) is 23.6 Å². The maximum atomic E-state index is 11.8. The second kappa shape index (κ2) is 4.75. The van der Waals surface area contributed by atoms with Crippen LogP contribution in [-0.2, 0) is 4.74 Å². The Morgan fingerprint density at radius 3 is 3.05 bits per heavy atom. The van der Waals surface area contributed by atoms with Gasteiger partial charge in [-0.3, -0.25) is 0 Å². The summed E-state index contributed by atoms with van der Waals surface area (Å²) in [5, 5.41) is 6.08. The first-order valence-corrected chi connectivity index (χ1v) is 7.04. The molecule has 3 aromatic rings. The number of halogens is 1. The molecule has 0 bridgehead atoms. The van der Waals surface area contributed by atoms with Gasteiger partial charge in [0.1, 0.15) is 0 Å². The lowest BCUT2D eigenvalue weighted by molar-refractivity contribution is 0.0590. The minimum Gasteiger partial charge on any atom is -0.464 e. The number of fused-ring (bicyclic) bond motifs is 1. The summed E-state index contributed by atoms with van der Waals surface area (Å²) in [4.78, 5) is 17.3. The Hall–Kier alpha value is -1.73. The number of rotatable bonds is 2. The van der Waals surface area contributed by atoms with E-state index >= 15 is 0 Å². The lowest BCUT2D eigenvalue weighted by Crippen LogP contribution is -2.10. The third kappa shape index (κ3) is 2.04. The number of ether oxygens (including phenoxy) is 1. The van der Waals surface area contributed by atoms with Gasteiger partial charge in [-0.05, 0) is 33.4 Å². The number of hydrogen-bond acceptors (Lipinski definition) is 5. The molecule has 0 aliphatic rings. The summed E-state index contributed by atoms with van der Waals surface area (Å²) in [6, 6.07) is 5.58. The van der Waals surface area contributed by atoms with Crippen molar-refractivity contribution in [2.75, 3.05) is 7.11 Å². The normalized spacial score (nSPS) is 10.8. The monoisotopic (exact) mass is 337 g/mol. The van der Waals surface area contributed by atoms with Crippen molar-refractivity contribution in [2.24, 2.45) is 0 Å². The van der Waals surface area contributed by atoms with Crippen LogP contribution >= 0.6 is 27.3 Å². The highest BCUT2D eigenvalue weighted by molar-refractivity contribution is 9.10. The second-order valence-corrected chi connectivity index (χ2v) is 5.53. The Morgan fingerprint density at radius 1 is 1.53 bits per heavy atom. The molecule has 0 N–H and O–H groups in total. The van der Waals surface area contributed by atoms with Gasteiger partial charge >= 0.3 is 5.97 Å². The number of hydrogen-bond donors (Lipinski definition) is 0. The summed E-state index contributed by atoms with van der Waals surface area (Å²) >= 11 is 4.94.